The van der Waals surface area contributed by atoms with E-state index < -0.39 is 0 Å². The van der Waals surface area contributed by atoms with Crippen LogP contribution in [-0.4, -0.2) is 5.91 Å². The van der Waals surface area contributed by atoms with Gasteiger partial charge in [-0.05, 0) is 28.7 Å². The molecule has 0 fully saturated rings. The molecule has 1 N–H and O–H groups in total. The highest BCUT2D eigenvalue weighted by atomic mass is 79.9. The Morgan fingerprint density at radius 1 is 1.05 bits per heavy atom. The average Bonchev–Trinajstić information content (AvgIpc) is 2.45. The maximum Gasteiger partial charge on any atom is 0.251 e. The second-order valence-electron chi connectivity index (χ2n) is 6.07. The van der Waals surface area contributed by atoms with Gasteiger partial charge in [0.05, 0.1) is 0 Å². The predicted molar refractivity (Wildman–Crippen MR) is 90.5 cm³/mol. The lowest BCUT2D eigenvalue weighted by Gasteiger charge is -2.22. The molecule has 0 bridgehead atoms. The van der Waals surface area contributed by atoms with Crippen molar-refractivity contribution in [3.8, 4) is 0 Å². The fraction of sp³-hybridized carbons (Fsp3) is 0.278. The zero-order valence-electron chi connectivity index (χ0n) is 12.6. The van der Waals surface area contributed by atoms with Gasteiger partial charge >= 0.3 is 0 Å². The van der Waals surface area contributed by atoms with Gasteiger partial charge in [0.1, 0.15) is 0 Å². The molecule has 0 spiro atoms. The summed E-state index contributed by atoms with van der Waals surface area (Å²) in [5.74, 6) is -0.0312. The number of benzene rings is 2. The van der Waals surface area contributed by atoms with Gasteiger partial charge in [0, 0.05) is 16.6 Å². The Morgan fingerprint density at radius 3 is 2.33 bits per heavy atom. The van der Waals surface area contributed by atoms with Crippen LogP contribution in [0.15, 0.2) is 53.0 Å². The van der Waals surface area contributed by atoms with Crippen molar-refractivity contribution in [2.75, 3.05) is 0 Å². The van der Waals surface area contributed by atoms with Crippen molar-refractivity contribution in [2.24, 2.45) is 0 Å². The third-order valence-corrected chi connectivity index (χ3v) is 4.15. The summed E-state index contributed by atoms with van der Waals surface area (Å²) >= 11 is 3.50. The van der Waals surface area contributed by atoms with Crippen LogP contribution in [0.1, 0.15) is 42.3 Å². The number of nitrogens with one attached hydrogen (secondary N) is 1. The van der Waals surface area contributed by atoms with E-state index in [1.807, 2.05) is 48.5 Å². The molecular formula is C18H20BrNO. The van der Waals surface area contributed by atoms with Crippen LogP contribution in [-0.2, 0) is 12.0 Å². The van der Waals surface area contributed by atoms with Gasteiger partial charge in [0.2, 0.25) is 0 Å². The maximum absolute atomic E-state index is 12.5. The molecule has 0 unspecified atom stereocenters. The van der Waals surface area contributed by atoms with E-state index >= 15 is 0 Å². The van der Waals surface area contributed by atoms with Crippen molar-refractivity contribution in [3.63, 3.8) is 0 Å². The molecule has 0 aliphatic carbocycles. The number of halogens is 1. The number of carbonyl (C=O) groups is 1. The molecule has 3 heteroatoms. The van der Waals surface area contributed by atoms with Crippen molar-refractivity contribution in [1.82, 2.24) is 5.32 Å². The van der Waals surface area contributed by atoms with Gasteiger partial charge in [0.15, 0.2) is 0 Å². The molecule has 2 aromatic rings. The van der Waals surface area contributed by atoms with Gasteiger partial charge in [-0.3, -0.25) is 4.79 Å². The van der Waals surface area contributed by atoms with Crippen LogP contribution in [0.3, 0.4) is 0 Å². The molecule has 0 radical (unpaired) electrons. The summed E-state index contributed by atoms with van der Waals surface area (Å²) < 4.78 is 1.01. The van der Waals surface area contributed by atoms with Crippen molar-refractivity contribution >= 4 is 21.8 Å². The lowest BCUT2D eigenvalue weighted by Crippen LogP contribution is -2.26. The van der Waals surface area contributed by atoms with Crippen molar-refractivity contribution in [3.05, 3.63) is 69.7 Å². The van der Waals surface area contributed by atoms with E-state index in [0.29, 0.717) is 6.54 Å². The zero-order valence-corrected chi connectivity index (χ0v) is 14.2. The van der Waals surface area contributed by atoms with Crippen LogP contribution < -0.4 is 5.32 Å². The van der Waals surface area contributed by atoms with E-state index in [9.17, 15) is 4.79 Å². The average molecular weight is 346 g/mol. The second kappa shape index (κ2) is 6.44. The molecule has 0 saturated carbocycles. The fourth-order valence-electron chi connectivity index (χ4n) is 2.25. The van der Waals surface area contributed by atoms with Crippen LogP contribution in [0.2, 0.25) is 0 Å². The van der Waals surface area contributed by atoms with E-state index in [1.165, 1.54) is 0 Å². The molecule has 2 rings (SSSR count). The summed E-state index contributed by atoms with van der Waals surface area (Å²) in [6, 6.07) is 15.7. The monoisotopic (exact) mass is 345 g/mol. The quantitative estimate of drug-likeness (QED) is 0.859. The lowest BCUT2D eigenvalue weighted by molar-refractivity contribution is 0.0948. The Labute approximate surface area is 134 Å². The second-order valence-corrected chi connectivity index (χ2v) is 6.92. The molecule has 2 aromatic carbocycles. The van der Waals surface area contributed by atoms with Crippen LogP contribution >= 0.6 is 15.9 Å². The first-order valence-corrected chi connectivity index (χ1v) is 7.80. The summed E-state index contributed by atoms with van der Waals surface area (Å²) in [4.78, 5) is 12.5. The molecule has 1 amide bonds. The molecule has 0 heterocycles. The van der Waals surface area contributed by atoms with Gasteiger partial charge in [-0.25, -0.2) is 0 Å². The van der Waals surface area contributed by atoms with Crippen molar-refractivity contribution in [2.45, 2.75) is 32.7 Å². The van der Waals surface area contributed by atoms with Crippen molar-refractivity contribution < 1.29 is 4.79 Å². The Kier molecular flexibility index (Phi) is 4.84. The molecule has 2 nitrogen and oxygen atoms in total. The van der Waals surface area contributed by atoms with Gasteiger partial charge in [-0.2, -0.15) is 0 Å². The molecule has 0 atom stereocenters. The smallest absolute Gasteiger partial charge is 0.251 e. The highest BCUT2D eigenvalue weighted by molar-refractivity contribution is 9.10. The first-order valence-electron chi connectivity index (χ1n) is 7.00. The van der Waals surface area contributed by atoms with E-state index in [-0.39, 0.29) is 11.3 Å². The number of amides is 1. The molecule has 0 saturated heterocycles. The van der Waals surface area contributed by atoms with Crippen molar-refractivity contribution in [1.29, 1.82) is 0 Å². The Bertz CT molecular complexity index is 644. The number of hydrogen-bond acceptors (Lipinski definition) is 1. The van der Waals surface area contributed by atoms with Gasteiger partial charge in [-0.15, -0.1) is 0 Å². The summed E-state index contributed by atoms with van der Waals surface area (Å²) in [6.07, 6.45) is 0. The summed E-state index contributed by atoms with van der Waals surface area (Å²) in [5, 5.41) is 3.00. The minimum Gasteiger partial charge on any atom is -0.348 e. The number of hydrogen-bond donors (Lipinski definition) is 1. The van der Waals surface area contributed by atoms with Crippen LogP contribution in [0.5, 0.6) is 0 Å². The Balaban J connectivity index is 2.17. The molecular weight excluding hydrogens is 326 g/mol. The minimum absolute atomic E-state index is 0.0312. The van der Waals surface area contributed by atoms with Crippen LogP contribution in [0.4, 0.5) is 0 Å². The minimum atomic E-state index is -0.0543. The zero-order chi connectivity index (χ0) is 15.5. The molecule has 110 valence electrons. The highest BCUT2D eigenvalue weighted by Gasteiger charge is 2.20. The standard InChI is InChI=1S/C18H20BrNO/c1-18(2,3)15-10-6-5-9-14(15)17(21)20-12-13-8-4-7-11-16(13)19/h4-11H,12H2,1-3H3,(H,20,21). The third-order valence-electron chi connectivity index (χ3n) is 3.38. The molecule has 0 aliphatic rings. The third kappa shape index (κ3) is 3.94. The largest absolute Gasteiger partial charge is 0.348 e. The Morgan fingerprint density at radius 2 is 1.67 bits per heavy atom. The number of rotatable bonds is 3. The van der Waals surface area contributed by atoms with Gasteiger partial charge < -0.3 is 5.32 Å². The van der Waals surface area contributed by atoms with E-state index in [2.05, 4.69) is 42.0 Å². The first-order chi connectivity index (χ1) is 9.89. The molecule has 21 heavy (non-hydrogen) atoms. The lowest BCUT2D eigenvalue weighted by atomic mass is 9.83. The van der Waals surface area contributed by atoms with Crippen LogP contribution in [0.25, 0.3) is 0 Å². The topological polar surface area (TPSA) is 29.1 Å². The molecule has 0 aliphatic heterocycles. The number of carbonyl (C=O) groups excluding carboxylic acids is 1. The predicted octanol–water partition coefficient (Wildman–Crippen LogP) is 4.68. The summed E-state index contributed by atoms with van der Waals surface area (Å²) in [6.45, 7) is 6.87. The van der Waals surface area contributed by atoms with E-state index in [4.69, 9.17) is 0 Å². The normalized spacial score (nSPS) is 11.2. The van der Waals surface area contributed by atoms with E-state index in [1.54, 1.807) is 0 Å². The highest BCUT2D eigenvalue weighted by Crippen LogP contribution is 2.25. The first kappa shape index (κ1) is 15.8. The van der Waals surface area contributed by atoms with Gasteiger partial charge in [-0.1, -0.05) is 73.1 Å². The van der Waals surface area contributed by atoms with E-state index in [0.717, 1.165) is 21.2 Å². The summed E-state index contributed by atoms with van der Waals surface area (Å²) in [7, 11) is 0. The molecule has 0 aromatic heterocycles. The summed E-state index contributed by atoms with van der Waals surface area (Å²) in [5.41, 5.74) is 2.83. The Hall–Kier alpha value is -1.61. The SMILES string of the molecule is CC(C)(C)c1ccccc1C(=O)NCc1ccccc1Br. The fourth-order valence-corrected chi connectivity index (χ4v) is 2.67. The van der Waals surface area contributed by atoms with Crippen LogP contribution in [0, 0.1) is 0 Å². The van der Waals surface area contributed by atoms with Gasteiger partial charge in [0.25, 0.3) is 5.91 Å². The maximum atomic E-state index is 12.5.